The number of halogens is 1. The molecule has 0 unspecified atom stereocenters. The van der Waals surface area contributed by atoms with E-state index < -0.39 is 42.4 Å². The van der Waals surface area contributed by atoms with Crippen LogP contribution in [0, 0.1) is 13.8 Å². The van der Waals surface area contributed by atoms with E-state index in [1.807, 2.05) is 36.6 Å². The van der Waals surface area contributed by atoms with Crippen molar-refractivity contribution < 1.29 is 43.4 Å². The Labute approximate surface area is 316 Å². The van der Waals surface area contributed by atoms with Gasteiger partial charge in [0, 0.05) is 22.1 Å². The van der Waals surface area contributed by atoms with Gasteiger partial charge in [0.1, 0.15) is 19.2 Å². The molecular formula is C36H56ClN5O8S. The number of hydrogen-bond acceptors (Lipinski definition) is 9. The molecule has 0 aliphatic heterocycles. The summed E-state index contributed by atoms with van der Waals surface area (Å²) in [5.74, 6) is -2.01. The van der Waals surface area contributed by atoms with Crippen LogP contribution in [-0.2, 0) is 41.6 Å². The number of phenols is 1. The number of carbonyl (C=O) groups is 5. The van der Waals surface area contributed by atoms with E-state index in [0.29, 0.717) is 35.4 Å². The summed E-state index contributed by atoms with van der Waals surface area (Å²) in [4.78, 5) is 64.0. The van der Waals surface area contributed by atoms with Gasteiger partial charge in [-0.15, -0.1) is 12.4 Å². The molecule has 0 aromatic heterocycles. The van der Waals surface area contributed by atoms with Crippen LogP contribution in [0.15, 0.2) is 42.5 Å². The number of nitrogens with two attached hydrogens (primary N) is 1. The first-order valence-electron chi connectivity index (χ1n) is 18.3. The van der Waals surface area contributed by atoms with E-state index in [1.54, 1.807) is 0 Å². The maximum absolute atomic E-state index is 13.3. The second-order valence-electron chi connectivity index (χ2n) is 11.8. The Morgan fingerprint density at radius 3 is 2.18 bits per heavy atom. The average molecular weight is 757 g/mol. The van der Waals surface area contributed by atoms with Crippen molar-refractivity contribution in [1.82, 2.24) is 21.3 Å². The van der Waals surface area contributed by atoms with Crippen molar-refractivity contribution in [1.29, 1.82) is 0 Å². The van der Waals surface area contributed by atoms with Crippen LogP contribution in [0.4, 0.5) is 0 Å². The number of esters is 1. The standard InChI is InChI=1S/C36H53N5O7S.ClH.H2O/c1-24-19-27(42)20-25(2)28(24)22-29(37)34(45)41-30(16-18-49-4)35(46)39-23-32(43)40-31(21-26-13-9-8-10-14-26)36(47)38-17-12-7-5-6-11-15-33(44)48-3;;/h8-10,13-14,19-20,29-31,42H,5-7,11-12,15-18,21-23,37H2,1-4H3,(H,38,47)(H,39,46)(H,40,43)(H,41,45);1H;1H2/t29-,30-,31-;;/m0../s1/i1D,2D;;/hD. The first-order chi connectivity index (χ1) is 25.1. The largest absolute Gasteiger partial charge is 0.508 e. The summed E-state index contributed by atoms with van der Waals surface area (Å²) in [5, 5.41) is 20.8. The summed E-state index contributed by atoms with van der Waals surface area (Å²) in [7, 11) is 1.37. The first-order valence-corrected chi connectivity index (χ1v) is 17.8. The topological polar surface area (TPSA) is 220 Å². The van der Waals surface area contributed by atoms with Crippen molar-refractivity contribution in [3.8, 4) is 5.75 Å². The zero-order chi connectivity index (χ0) is 38.3. The summed E-state index contributed by atoms with van der Waals surface area (Å²) < 4.78 is 28.1. The number of hydrogen-bond donors (Lipinski definition) is 6. The molecule has 0 bridgehead atoms. The van der Waals surface area contributed by atoms with Gasteiger partial charge in [0.15, 0.2) is 0 Å². The highest BCUT2D eigenvalue weighted by molar-refractivity contribution is 7.98. The molecule has 2 aromatic rings. The molecule has 13 nitrogen and oxygen atoms in total. The van der Waals surface area contributed by atoms with Crippen LogP contribution in [0.25, 0.3) is 0 Å². The van der Waals surface area contributed by atoms with Crippen LogP contribution < -0.4 is 27.0 Å². The number of unbranched alkanes of at least 4 members (excludes halogenated alkanes) is 4. The average Bonchev–Trinajstić information content (AvgIpc) is 3.15. The van der Waals surface area contributed by atoms with Crippen LogP contribution >= 0.6 is 24.2 Å². The number of carbonyl (C=O) groups excluding carboxylic acids is 5. The van der Waals surface area contributed by atoms with E-state index in [2.05, 4.69) is 31.7 Å². The predicted molar refractivity (Wildman–Crippen MR) is 203 cm³/mol. The van der Waals surface area contributed by atoms with Gasteiger partial charge in [-0.25, -0.2) is 0 Å². The van der Waals surface area contributed by atoms with Gasteiger partial charge in [0.25, 0.3) is 0 Å². The van der Waals surface area contributed by atoms with E-state index in [-0.39, 0.29) is 68.6 Å². The van der Waals surface area contributed by atoms with Crippen molar-refractivity contribution in [2.24, 2.45) is 5.73 Å². The number of nitrogens with one attached hydrogen (secondary N) is 4. The third-order valence-corrected chi connectivity index (χ3v) is 8.47. The molecule has 51 heavy (non-hydrogen) atoms. The minimum absolute atomic E-state index is 0. The molecule has 4 amide bonds. The lowest BCUT2D eigenvalue weighted by molar-refractivity contribution is -0.140. The summed E-state index contributed by atoms with van der Waals surface area (Å²) in [6.07, 6.45) is 6.80. The Hall–Kier alpha value is -3.85. The summed E-state index contributed by atoms with van der Waals surface area (Å²) in [5.41, 5.74) is 4.41. The van der Waals surface area contributed by atoms with E-state index in [0.717, 1.165) is 37.7 Å². The molecule has 0 heterocycles. The molecule has 0 radical (unpaired) electrons. The first kappa shape index (κ1) is 41.6. The molecule has 0 aliphatic rings. The maximum atomic E-state index is 13.3. The Kier molecular flexibility index (Phi) is 21.2. The molecular weight excluding hydrogens is 698 g/mol. The predicted octanol–water partition coefficient (Wildman–Crippen LogP) is 2.19. The highest BCUT2D eigenvalue weighted by Crippen LogP contribution is 2.22. The third kappa shape index (κ3) is 18.3. The van der Waals surface area contributed by atoms with Crippen molar-refractivity contribution in [3.05, 3.63) is 64.7 Å². The highest BCUT2D eigenvalue weighted by Gasteiger charge is 2.26. The van der Waals surface area contributed by atoms with E-state index in [1.165, 1.54) is 31.0 Å². The van der Waals surface area contributed by atoms with Gasteiger partial charge < -0.3 is 42.3 Å². The fraction of sp³-hybridized carbons (Fsp3) is 0.528. The number of methoxy groups -OCH3 is 1. The Morgan fingerprint density at radius 1 is 0.902 bits per heavy atom. The maximum Gasteiger partial charge on any atom is 0.305 e. The van der Waals surface area contributed by atoms with Gasteiger partial charge in [-0.05, 0) is 85.9 Å². The fourth-order valence-corrected chi connectivity index (χ4v) is 5.54. The van der Waals surface area contributed by atoms with Crippen LogP contribution in [0.2, 0.25) is 1.41 Å². The number of rotatable bonds is 23. The lowest BCUT2D eigenvalue weighted by Gasteiger charge is -2.22. The van der Waals surface area contributed by atoms with Gasteiger partial charge in [-0.3, -0.25) is 24.0 Å². The number of aromatic hydroxyl groups is 1. The number of ether oxygens (including phenoxy) is 1. The van der Waals surface area contributed by atoms with Gasteiger partial charge >= 0.3 is 5.97 Å². The summed E-state index contributed by atoms with van der Waals surface area (Å²) >= 11 is 1.46. The molecule has 0 fully saturated rings. The molecule has 3 atom stereocenters. The van der Waals surface area contributed by atoms with Gasteiger partial charge in [-0.1, -0.05) is 49.6 Å². The molecule has 9 N–H and O–H groups in total. The van der Waals surface area contributed by atoms with Crippen molar-refractivity contribution >= 4 is 53.8 Å². The highest BCUT2D eigenvalue weighted by atomic mass is 35.5. The van der Waals surface area contributed by atoms with E-state index in [4.69, 9.17) is 4.15 Å². The van der Waals surface area contributed by atoms with Crippen molar-refractivity contribution in [2.75, 3.05) is 32.2 Å². The van der Waals surface area contributed by atoms with Crippen molar-refractivity contribution in [2.45, 2.75) is 89.7 Å². The third-order valence-electron chi connectivity index (χ3n) is 7.83. The lowest BCUT2D eigenvalue weighted by Crippen LogP contribution is -2.54. The van der Waals surface area contributed by atoms with Crippen LogP contribution in [0.1, 0.15) is 69.9 Å². The molecule has 0 saturated carbocycles. The van der Waals surface area contributed by atoms with Crippen LogP contribution in [-0.4, -0.2) is 90.5 Å². The number of benzene rings is 2. The molecule has 2 aromatic carbocycles. The van der Waals surface area contributed by atoms with Crippen LogP contribution in [0.5, 0.6) is 5.75 Å². The fourth-order valence-electron chi connectivity index (χ4n) is 5.07. The normalized spacial score (nSPS) is 12.9. The van der Waals surface area contributed by atoms with E-state index >= 15 is 0 Å². The number of amides is 4. The molecule has 286 valence electrons. The smallest absolute Gasteiger partial charge is 0.305 e. The minimum atomic E-state index is -1.13. The second kappa shape index (κ2) is 26.0. The molecule has 0 aliphatic carbocycles. The van der Waals surface area contributed by atoms with Crippen molar-refractivity contribution in [3.63, 3.8) is 0 Å². The lowest BCUT2D eigenvalue weighted by atomic mass is 9.96. The van der Waals surface area contributed by atoms with Gasteiger partial charge in [0.05, 0.1) is 19.7 Å². The zero-order valence-corrected chi connectivity index (χ0v) is 31.0. The van der Waals surface area contributed by atoms with Gasteiger partial charge in [-0.2, -0.15) is 11.8 Å². The zero-order valence-electron chi connectivity index (χ0n) is 32.4. The molecule has 0 saturated heterocycles. The minimum Gasteiger partial charge on any atom is -0.508 e. The Balaban J connectivity index is 0.0000140. The Morgan fingerprint density at radius 2 is 1.55 bits per heavy atom. The number of aryl methyl sites for hydroxylation is 2. The quantitative estimate of drug-likeness (QED) is 0.0722. The SMILES string of the molecule is Cl.O.[2H]Cc1cc(O)cc(C[2H])c1C[C@H](N[2H])C(=O)N[C@@H](CCSC)C(=O)NCC(=O)N[C@@H](Cc1ccccc1)C(=O)NCCCCCCCC(=O)OC. The van der Waals surface area contributed by atoms with Gasteiger partial charge in [0.2, 0.25) is 23.6 Å². The van der Waals surface area contributed by atoms with Crippen LogP contribution in [0.3, 0.4) is 0 Å². The van der Waals surface area contributed by atoms with E-state index in [9.17, 15) is 29.1 Å². The molecule has 15 heteroatoms. The Bertz CT molecular complexity index is 1430. The monoisotopic (exact) mass is 756 g/mol. The number of phenolic OH excluding ortho intramolecular Hbond substituents is 1. The number of thioether (sulfide) groups is 1. The second-order valence-corrected chi connectivity index (χ2v) is 12.7. The molecule has 0 spiro atoms. The molecule has 2 rings (SSSR count). The summed E-state index contributed by atoms with van der Waals surface area (Å²) in [6, 6.07) is 8.96. The summed E-state index contributed by atoms with van der Waals surface area (Å²) in [6.45, 7) is -0.417.